The molecule has 1 rings (SSSR count). The van der Waals surface area contributed by atoms with Gasteiger partial charge in [0.1, 0.15) is 5.01 Å². The minimum absolute atomic E-state index is 0.0336. The third-order valence-corrected chi connectivity index (χ3v) is 2.79. The Morgan fingerprint density at radius 1 is 1.73 bits per heavy atom. The molecule has 1 heterocycles. The number of aromatic carboxylic acids is 1. The van der Waals surface area contributed by atoms with Crippen LogP contribution in [-0.4, -0.2) is 21.3 Å². The molecule has 0 aromatic carbocycles. The van der Waals surface area contributed by atoms with E-state index in [0.29, 0.717) is 5.01 Å². The average molecular weight is 237 g/mol. The van der Waals surface area contributed by atoms with E-state index in [2.05, 4.69) is 26.1 Å². The largest absolute Gasteiger partial charge is 0.476 e. The molecule has 0 saturated carbocycles. The van der Waals surface area contributed by atoms with E-state index in [4.69, 9.17) is 5.11 Å². The predicted molar refractivity (Wildman–Crippen MR) is 44.2 cm³/mol. The molecule has 1 atom stereocenters. The Bertz CT molecular complexity index is 273. The quantitative estimate of drug-likeness (QED) is 0.795. The Labute approximate surface area is 75.4 Å². The molecule has 1 N–H and O–H groups in total. The smallest absolute Gasteiger partial charge is 0.367 e. The molecule has 4 nitrogen and oxygen atoms in total. The molecule has 11 heavy (non-hydrogen) atoms. The summed E-state index contributed by atoms with van der Waals surface area (Å²) in [7, 11) is 0. The maximum absolute atomic E-state index is 10.3. The highest BCUT2D eigenvalue weighted by molar-refractivity contribution is 9.09. The number of halogens is 1. The molecule has 1 aromatic rings. The van der Waals surface area contributed by atoms with E-state index in [0.717, 1.165) is 11.3 Å². The van der Waals surface area contributed by atoms with Crippen molar-refractivity contribution in [1.29, 1.82) is 0 Å². The molecule has 0 amide bonds. The van der Waals surface area contributed by atoms with Crippen molar-refractivity contribution < 1.29 is 9.90 Å². The van der Waals surface area contributed by atoms with Crippen molar-refractivity contribution >= 4 is 33.2 Å². The molecule has 1 aromatic heterocycles. The highest BCUT2D eigenvalue weighted by Gasteiger charge is 2.13. The van der Waals surface area contributed by atoms with Crippen LogP contribution in [0.25, 0.3) is 0 Å². The van der Waals surface area contributed by atoms with Gasteiger partial charge in [-0.3, -0.25) is 0 Å². The van der Waals surface area contributed by atoms with Crippen molar-refractivity contribution in [3.63, 3.8) is 0 Å². The number of aromatic nitrogens is 2. The zero-order chi connectivity index (χ0) is 8.43. The third kappa shape index (κ3) is 1.97. The van der Waals surface area contributed by atoms with Gasteiger partial charge in [0.05, 0.1) is 4.83 Å². The summed E-state index contributed by atoms with van der Waals surface area (Å²) in [5.41, 5.74) is 0. The summed E-state index contributed by atoms with van der Waals surface area (Å²) in [6, 6.07) is 0. The highest BCUT2D eigenvalue weighted by atomic mass is 79.9. The number of carbonyl (C=O) groups is 1. The van der Waals surface area contributed by atoms with Crippen LogP contribution in [0.4, 0.5) is 0 Å². The van der Waals surface area contributed by atoms with E-state index < -0.39 is 5.97 Å². The molecule has 0 aliphatic heterocycles. The van der Waals surface area contributed by atoms with E-state index in [-0.39, 0.29) is 9.83 Å². The van der Waals surface area contributed by atoms with Gasteiger partial charge >= 0.3 is 5.97 Å². The molecular weight excluding hydrogens is 232 g/mol. The lowest BCUT2D eigenvalue weighted by molar-refractivity contribution is 0.0695. The van der Waals surface area contributed by atoms with E-state index in [1.54, 1.807) is 0 Å². The van der Waals surface area contributed by atoms with Gasteiger partial charge in [0, 0.05) is 0 Å². The van der Waals surface area contributed by atoms with Crippen LogP contribution < -0.4 is 0 Å². The molecule has 0 aliphatic carbocycles. The normalized spacial score (nSPS) is 12.9. The van der Waals surface area contributed by atoms with Gasteiger partial charge in [0.25, 0.3) is 0 Å². The van der Waals surface area contributed by atoms with Gasteiger partial charge in [-0.2, -0.15) is 0 Å². The first-order valence-corrected chi connectivity index (χ1v) is 4.55. The molecule has 60 valence electrons. The predicted octanol–water partition coefficient (Wildman–Crippen LogP) is 1.69. The summed E-state index contributed by atoms with van der Waals surface area (Å²) in [5, 5.41) is 16.3. The Hall–Kier alpha value is -0.490. The van der Waals surface area contributed by atoms with Gasteiger partial charge in [0.2, 0.25) is 5.01 Å². The second-order valence-electron chi connectivity index (χ2n) is 1.87. The van der Waals surface area contributed by atoms with Crippen molar-refractivity contribution in [3.05, 3.63) is 10.0 Å². The number of alkyl halides is 1. The summed E-state index contributed by atoms with van der Waals surface area (Å²) < 4.78 is 0. The summed E-state index contributed by atoms with van der Waals surface area (Å²) in [6.07, 6.45) is 0. The second kappa shape index (κ2) is 3.27. The van der Waals surface area contributed by atoms with Crippen LogP contribution in [0.1, 0.15) is 26.6 Å². The second-order valence-corrected chi connectivity index (χ2v) is 4.25. The van der Waals surface area contributed by atoms with Gasteiger partial charge < -0.3 is 5.11 Å². The lowest BCUT2D eigenvalue weighted by atomic mass is 10.5. The van der Waals surface area contributed by atoms with Crippen LogP contribution >= 0.6 is 27.3 Å². The molecule has 6 heteroatoms. The minimum atomic E-state index is -1.03. The van der Waals surface area contributed by atoms with Crippen molar-refractivity contribution in [2.75, 3.05) is 0 Å². The maximum atomic E-state index is 10.3. The van der Waals surface area contributed by atoms with Crippen LogP contribution in [0.2, 0.25) is 0 Å². The van der Waals surface area contributed by atoms with Crippen molar-refractivity contribution in [2.45, 2.75) is 11.8 Å². The summed E-state index contributed by atoms with van der Waals surface area (Å²) in [5.74, 6) is -1.03. The zero-order valence-electron chi connectivity index (χ0n) is 5.61. The Morgan fingerprint density at radius 2 is 2.36 bits per heavy atom. The first-order chi connectivity index (χ1) is 5.11. The summed E-state index contributed by atoms with van der Waals surface area (Å²) in [4.78, 5) is 10.4. The molecule has 0 aliphatic rings. The topological polar surface area (TPSA) is 63.1 Å². The number of rotatable bonds is 2. The summed E-state index contributed by atoms with van der Waals surface area (Å²) in [6.45, 7) is 1.87. The first-order valence-electron chi connectivity index (χ1n) is 2.82. The maximum Gasteiger partial charge on any atom is 0.367 e. The standard InChI is InChI=1S/C5H5BrN2O2S/c1-2(6)3-7-8-4(11-3)5(9)10/h2H,1H3,(H,9,10). The van der Waals surface area contributed by atoms with Crippen LogP contribution in [0.15, 0.2) is 0 Å². The summed E-state index contributed by atoms with van der Waals surface area (Å²) >= 11 is 4.34. The lowest BCUT2D eigenvalue weighted by Gasteiger charge is -1.90. The number of hydrogen-bond acceptors (Lipinski definition) is 4. The fourth-order valence-electron chi connectivity index (χ4n) is 0.482. The fourth-order valence-corrected chi connectivity index (χ4v) is 1.46. The third-order valence-electron chi connectivity index (χ3n) is 0.964. The Kier molecular flexibility index (Phi) is 2.56. The van der Waals surface area contributed by atoms with E-state index in [1.807, 2.05) is 6.92 Å². The minimum Gasteiger partial charge on any atom is -0.476 e. The van der Waals surface area contributed by atoms with Gasteiger partial charge in [-0.05, 0) is 6.92 Å². The highest BCUT2D eigenvalue weighted by Crippen LogP contribution is 2.24. The molecule has 0 bridgehead atoms. The van der Waals surface area contributed by atoms with Crippen LogP contribution in [-0.2, 0) is 0 Å². The van der Waals surface area contributed by atoms with Crippen LogP contribution in [0.5, 0.6) is 0 Å². The van der Waals surface area contributed by atoms with Crippen LogP contribution in [0, 0.1) is 0 Å². The first kappa shape index (κ1) is 8.61. The monoisotopic (exact) mass is 236 g/mol. The van der Waals surface area contributed by atoms with Crippen molar-refractivity contribution in [2.24, 2.45) is 0 Å². The van der Waals surface area contributed by atoms with E-state index in [9.17, 15) is 4.79 Å². The molecule has 0 fully saturated rings. The van der Waals surface area contributed by atoms with Crippen molar-refractivity contribution in [1.82, 2.24) is 10.2 Å². The van der Waals surface area contributed by atoms with Gasteiger partial charge in [-0.25, -0.2) is 4.79 Å². The zero-order valence-corrected chi connectivity index (χ0v) is 8.02. The van der Waals surface area contributed by atoms with Gasteiger partial charge in [-0.1, -0.05) is 27.3 Å². The van der Waals surface area contributed by atoms with Gasteiger partial charge in [-0.15, -0.1) is 10.2 Å². The fraction of sp³-hybridized carbons (Fsp3) is 0.400. The van der Waals surface area contributed by atoms with Gasteiger partial charge in [0.15, 0.2) is 0 Å². The Morgan fingerprint density at radius 3 is 2.64 bits per heavy atom. The molecule has 0 saturated heterocycles. The number of hydrogen-bond donors (Lipinski definition) is 1. The number of carboxylic acids is 1. The molecule has 1 unspecified atom stereocenters. The van der Waals surface area contributed by atoms with E-state index in [1.165, 1.54) is 0 Å². The van der Waals surface area contributed by atoms with E-state index >= 15 is 0 Å². The number of carboxylic acid groups (broad SMARTS) is 1. The molecule has 0 radical (unpaired) electrons. The molecular formula is C5H5BrN2O2S. The Balaban J connectivity index is 2.90. The molecule has 0 spiro atoms. The number of nitrogens with zero attached hydrogens (tertiary/aromatic N) is 2. The SMILES string of the molecule is CC(Br)c1nnc(C(=O)O)s1. The van der Waals surface area contributed by atoms with Crippen LogP contribution in [0.3, 0.4) is 0 Å². The average Bonchev–Trinajstić information content (AvgIpc) is 2.33. The van der Waals surface area contributed by atoms with Crippen molar-refractivity contribution in [3.8, 4) is 0 Å². The lowest BCUT2D eigenvalue weighted by Crippen LogP contribution is -1.93.